The van der Waals surface area contributed by atoms with Gasteiger partial charge in [0.1, 0.15) is 5.70 Å². The second-order valence-corrected chi connectivity index (χ2v) is 13.6. The predicted molar refractivity (Wildman–Crippen MR) is 195 cm³/mol. The average molecular weight is 667 g/mol. The molecule has 9 heteroatoms. The van der Waals surface area contributed by atoms with Crippen LogP contribution in [0, 0.1) is 0 Å². The molecule has 0 saturated carbocycles. The number of benzene rings is 5. The van der Waals surface area contributed by atoms with E-state index in [2.05, 4.69) is 15.6 Å². The topological polar surface area (TPSA) is 94.3 Å². The smallest absolute Gasteiger partial charge is 0.272 e. The summed E-state index contributed by atoms with van der Waals surface area (Å²) < 4.78 is 0. The summed E-state index contributed by atoms with van der Waals surface area (Å²) in [5, 5.41) is 6.25. The number of amides is 3. The Balaban J connectivity index is 1.12. The molecule has 0 radical (unpaired) electrons. The van der Waals surface area contributed by atoms with E-state index in [1.54, 1.807) is 54.4 Å². The molecule has 2 heterocycles. The lowest BCUT2D eigenvalue weighted by atomic mass is 10.1. The van der Waals surface area contributed by atoms with E-state index < -0.39 is 17.1 Å². The van der Waals surface area contributed by atoms with Gasteiger partial charge in [0.05, 0.1) is 16.6 Å². The Hall–Kier alpha value is -5.51. The molecule has 0 fully saturated rings. The highest BCUT2D eigenvalue weighted by molar-refractivity contribution is 8.00. The summed E-state index contributed by atoms with van der Waals surface area (Å²) in [6, 6.07) is 39.8. The van der Waals surface area contributed by atoms with Crippen molar-refractivity contribution in [3.63, 3.8) is 0 Å². The Bertz CT molecular complexity index is 2150. The summed E-state index contributed by atoms with van der Waals surface area (Å²) in [5.41, 5.74) is 4.48. The Labute approximate surface area is 286 Å². The molecule has 1 aliphatic rings. The van der Waals surface area contributed by atoms with Gasteiger partial charge in [-0.25, -0.2) is 0 Å². The quantitative estimate of drug-likeness (QED) is 0.111. The lowest BCUT2D eigenvalue weighted by molar-refractivity contribution is -0.117. The van der Waals surface area contributed by atoms with Gasteiger partial charge >= 0.3 is 0 Å². The van der Waals surface area contributed by atoms with Gasteiger partial charge in [0.15, 0.2) is 0 Å². The van der Waals surface area contributed by atoms with E-state index in [1.165, 1.54) is 11.8 Å². The molecule has 48 heavy (non-hydrogen) atoms. The van der Waals surface area contributed by atoms with E-state index in [0.717, 1.165) is 42.5 Å². The number of carbonyl (C=O) groups is 3. The highest BCUT2D eigenvalue weighted by Gasteiger charge is 2.31. The van der Waals surface area contributed by atoms with Crippen molar-refractivity contribution >= 4 is 75.3 Å². The van der Waals surface area contributed by atoms with Crippen LogP contribution in [0.4, 0.5) is 17.1 Å². The van der Waals surface area contributed by atoms with Crippen LogP contribution in [0.5, 0.6) is 0 Å². The fourth-order valence-corrected chi connectivity index (χ4v) is 7.56. The van der Waals surface area contributed by atoms with Crippen molar-refractivity contribution in [3.05, 3.63) is 150 Å². The maximum atomic E-state index is 14.0. The third-order valence-electron chi connectivity index (χ3n) is 7.86. The van der Waals surface area contributed by atoms with Crippen molar-refractivity contribution in [2.75, 3.05) is 10.2 Å². The first kappa shape index (κ1) is 31.1. The van der Waals surface area contributed by atoms with E-state index in [1.807, 2.05) is 109 Å². The standard InChI is InChI=1S/C39H30N4O3S2/c1-25(39(46)43-33-18-7-9-20-35(33)48-36-21-10-8-19-34(36)43)47-29-15-11-14-28(23-29)41-38(45)32(42-37(44)26-12-3-2-4-13-26)22-27-24-40-31-17-6-5-16-30(27)31/h2-25,40H,1H3,(H,41,45)(H,42,44)/b32-22+. The summed E-state index contributed by atoms with van der Waals surface area (Å²) in [6.45, 7) is 1.90. The number of H-pyrrole nitrogens is 1. The summed E-state index contributed by atoms with van der Waals surface area (Å²) in [4.78, 5) is 48.8. The molecule has 1 atom stereocenters. The monoisotopic (exact) mass is 666 g/mol. The Morgan fingerprint density at radius 1 is 0.792 bits per heavy atom. The number of hydrogen-bond donors (Lipinski definition) is 3. The molecule has 5 aromatic carbocycles. The van der Waals surface area contributed by atoms with Gasteiger partial charge in [-0.1, -0.05) is 78.5 Å². The zero-order valence-electron chi connectivity index (χ0n) is 25.8. The Morgan fingerprint density at radius 2 is 1.46 bits per heavy atom. The van der Waals surface area contributed by atoms with Gasteiger partial charge in [-0.15, -0.1) is 11.8 Å². The number of carbonyl (C=O) groups excluding carboxylic acids is 3. The minimum Gasteiger partial charge on any atom is -0.361 e. The zero-order chi connectivity index (χ0) is 33.0. The first-order valence-electron chi connectivity index (χ1n) is 15.4. The number of rotatable bonds is 8. The van der Waals surface area contributed by atoms with Crippen LogP contribution in [0.15, 0.2) is 154 Å². The molecule has 1 unspecified atom stereocenters. The fraction of sp³-hybridized carbons (Fsp3) is 0.0513. The summed E-state index contributed by atoms with van der Waals surface area (Å²) in [7, 11) is 0. The molecule has 1 aromatic heterocycles. The molecule has 7 nitrogen and oxygen atoms in total. The van der Waals surface area contributed by atoms with Crippen LogP contribution in [-0.4, -0.2) is 28.0 Å². The number of hydrogen-bond acceptors (Lipinski definition) is 5. The second kappa shape index (κ2) is 13.7. The molecule has 0 bridgehead atoms. The van der Waals surface area contributed by atoms with Crippen molar-refractivity contribution in [3.8, 4) is 0 Å². The summed E-state index contributed by atoms with van der Waals surface area (Å²) in [6.07, 6.45) is 3.47. The molecule has 0 spiro atoms. The predicted octanol–water partition coefficient (Wildman–Crippen LogP) is 8.89. The minimum atomic E-state index is -0.477. The second-order valence-electron chi connectivity index (χ2n) is 11.1. The van der Waals surface area contributed by atoms with E-state index >= 15 is 0 Å². The van der Waals surface area contributed by atoms with Crippen molar-refractivity contribution in [1.29, 1.82) is 0 Å². The zero-order valence-corrected chi connectivity index (χ0v) is 27.5. The van der Waals surface area contributed by atoms with Gasteiger partial charge in [-0.05, 0) is 73.7 Å². The number of fused-ring (bicyclic) bond motifs is 3. The largest absolute Gasteiger partial charge is 0.361 e. The number of para-hydroxylation sites is 3. The number of nitrogens with zero attached hydrogens (tertiary/aromatic N) is 1. The molecule has 3 N–H and O–H groups in total. The molecule has 6 aromatic rings. The first-order chi connectivity index (χ1) is 23.4. The molecule has 0 saturated heterocycles. The van der Waals surface area contributed by atoms with Crippen LogP contribution in [0.3, 0.4) is 0 Å². The normalized spacial score (nSPS) is 12.9. The van der Waals surface area contributed by atoms with Crippen LogP contribution < -0.4 is 15.5 Å². The molecule has 0 aliphatic carbocycles. The van der Waals surface area contributed by atoms with Crippen molar-refractivity contribution < 1.29 is 14.4 Å². The molecular weight excluding hydrogens is 637 g/mol. The average Bonchev–Trinajstić information content (AvgIpc) is 3.53. The van der Waals surface area contributed by atoms with Gasteiger partial charge in [-0.3, -0.25) is 19.3 Å². The van der Waals surface area contributed by atoms with Crippen LogP contribution in [0.1, 0.15) is 22.8 Å². The Kier molecular flexibility index (Phi) is 8.87. The SMILES string of the molecule is CC(Sc1cccc(NC(=O)/C(=C\c2c[nH]c3ccccc23)NC(=O)c2ccccc2)c1)C(=O)N1c2ccccc2Sc2ccccc21. The van der Waals surface area contributed by atoms with E-state index in [4.69, 9.17) is 0 Å². The highest BCUT2D eigenvalue weighted by Crippen LogP contribution is 2.48. The lowest BCUT2D eigenvalue weighted by Crippen LogP contribution is -2.34. The third kappa shape index (κ3) is 6.51. The molecular formula is C39H30N4O3S2. The van der Waals surface area contributed by atoms with Crippen LogP contribution >= 0.6 is 23.5 Å². The van der Waals surface area contributed by atoms with Crippen molar-refractivity contribution in [2.24, 2.45) is 0 Å². The Morgan fingerprint density at radius 3 is 2.21 bits per heavy atom. The van der Waals surface area contributed by atoms with Gasteiger partial charge in [-0.2, -0.15) is 0 Å². The summed E-state index contributed by atoms with van der Waals surface area (Å²) >= 11 is 3.08. The van der Waals surface area contributed by atoms with Crippen molar-refractivity contribution in [1.82, 2.24) is 10.3 Å². The molecule has 1 aliphatic heterocycles. The van der Waals surface area contributed by atoms with Gasteiger partial charge in [0.2, 0.25) is 5.91 Å². The van der Waals surface area contributed by atoms with Gasteiger partial charge in [0, 0.05) is 48.6 Å². The van der Waals surface area contributed by atoms with Crippen molar-refractivity contribution in [2.45, 2.75) is 26.9 Å². The van der Waals surface area contributed by atoms with Crippen LogP contribution in [0.25, 0.3) is 17.0 Å². The molecule has 236 valence electrons. The first-order valence-corrected chi connectivity index (χ1v) is 17.1. The third-order valence-corrected chi connectivity index (χ3v) is 10.1. The highest BCUT2D eigenvalue weighted by atomic mass is 32.2. The van der Waals surface area contributed by atoms with E-state index in [9.17, 15) is 14.4 Å². The number of anilines is 3. The maximum absolute atomic E-state index is 14.0. The number of thioether (sulfide) groups is 1. The molecule has 3 amide bonds. The number of nitrogens with one attached hydrogen (secondary N) is 3. The van der Waals surface area contributed by atoms with Gasteiger partial charge < -0.3 is 15.6 Å². The van der Waals surface area contributed by atoms with Crippen LogP contribution in [-0.2, 0) is 9.59 Å². The minimum absolute atomic E-state index is 0.0396. The van der Waals surface area contributed by atoms with E-state index in [-0.39, 0.29) is 11.6 Å². The maximum Gasteiger partial charge on any atom is 0.272 e. The van der Waals surface area contributed by atoms with E-state index in [0.29, 0.717) is 11.3 Å². The number of aromatic amines is 1. The number of aromatic nitrogens is 1. The van der Waals surface area contributed by atoms with Crippen LogP contribution in [0.2, 0.25) is 0 Å². The molecule has 7 rings (SSSR count). The summed E-state index contributed by atoms with van der Waals surface area (Å²) in [5.74, 6) is -0.912. The fourth-order valence-electron chi connectivity index (χ4n) is 5.54. The lowest BCUT2D eigenvalue weighted by Gasteiger charge is -2.32. The van der Waals surface area contributed by atoms with Gasteiger partial charge in [0.25, 0.3) is 11.8 Å².